The molecule has 0 heterocycles. The third kappa shape index (κ3) is 5.16. The molecule has 1 atom stereocenters. The number of nitriles is 1. The number of aliphatic carboxylic acids is 2. The minimum Gasteiger partial charge on any atom is -0.481 e. The van der Waals surface area contributed by atoms with E-state index in [9.17, 15) is 14.4 Å². The molecule has 0 saturated carbocycles. The number of benzene rings is 1. The molecule has 1 aromatic carbocycles. The van der Waals surface area contributed by atoms with Crippen LogP contribution in [0.5, 0.6) is 0 Å². The molecule has 1 amide bonds. The van der Waals surface area contributed by atoms with E-state index in [4.69, 9.17) is 15.5 Å². The summed E-state index contributed by atoms with van der Waals surface area (Å²) < 4.78 is 0. The maximum Gasteiger partial charge on any atom is 0.326 e. The third-order valence-corrected chi connectivity index (χ3v) is 3.35. The van der Waals surface area contributed by atoms with E-state index in [0.717, 1.165) is 11.8 Å². The van der Waals surface area contributed by atoms with Crippen molar-refractivity contribution in [2.24, 2.45) is 0 Å². The van der Waals surface area contributed by atoms with Gasteiger partial charge < -0.3 is 15.5 Å². The molecule has 0 aromatic heterocycles. The highest BCUT2D eigenvalue weighted by Gasteiger charge is 2.24. The lowest BCUT2D eigenvalue weighted by Gasteiger charge is -2.14. The van der Waals surface area contributed by atoms with Crippen LogP contribution in [0.3, 0.4) is 0 Å². The summed E-state index contributed by atoms with van der Waals surface area (Å²) in [5.41, 5.74) is 0.203. The Kier molecular flexibility index (Phi) is 6.23. The van der Waals surface area contributed by atoms with E-state index in [1.807, 2.05) is 6.07 Å². The summed E-state index contributed by atoms with van der Waals surface area (Å²) in [4.78, 5) is 34.1. The standard InChI is InChI=1S/C13H12N2O5S/c14-5-6-21-10-4-2-1-3-8(10)12(18)15-9(13(19)20)7-11(16)17/h1-4,9H,6-7H2,(H,15,18)(H,16,17)(H,19,20). The summed E-state index contributed by atoms with van der Waals surface area (Å²) >= 11 is 1.14. The highest BCUT2D eigenvalue weighted by atomic mass is 32.2. The molecule has 1 rings (SSSR count). The Bertz CT molecular complexity index is 596. The highest BCUT2D eigenvalue weighted by Crippen LogP contribution is 2.22. The van der Waals surface area contributed by atoms with Crippen molar-refractivity contribution in [3.63, 3.8) is 0 Å². The molecule has 21 heavy (non-hydrogen) atoms. The molecule has 0 aliphatic heterocycles. The van der Waals surface area contributed by atoms with E-state index in [1.54, 1.807) is 18.2 Å². The molecule has 7 nitrogen and oxygen atoms in total. The van der Waals surface area contributed by atoms with Gasteiger partial charge in [-0.25, -0.2) is 4.79 Å². The fourth-order valence-corrected chi connectivity index (χ4v) is 2.21. The summed E-state index contributed by atoms with van der Waals surface area (Å²) in [5.74, 6) is -3.30. The minimum atomic E-state index is -1.51. The first-order valence-corrected chi connectivity index (χ1v) is 6.78. The van der Waals surface area contributed by atoms with E-state index in [2.05, 4.69) is 5.32 Å². The van der Waals surface area contributed by atoms with Crippen LogP contribution in [0.25, 0.3) is 0 Å². The molecule has 0 fully saturated rings. The zero-order valence-corrected chi connectivity index (χ0v) is 11.6. The molecular formula is C13H12N2O5S. The Morgan fingerprint density at radius 2 is 1.95 bits per heavy atom. The Morgan fingerprint density at radius 1 is 1.29 bits per heavy atom. The number of nitrogens with one attached hydrogen (secondary N) is 1. The van der Waals surface area contributed by atoms with Gasteiger partial charge in [0.15, 0.2) is 0 Å². The molecule has 8 heteroatoms. The van der Waals surface area contributed by atoms with Gasteiger partial charge in [0.05, 0.1) is 23.8 Å². The monoisotopic (exact) mass is 308 g/mol. The van der Waals surface area contributed by atoms with Crippen LogP contribution < -0.4 is 5.32 Å². The van der Waals surface area contributed by atoms with Gasteiger partial charge in [0.25, 0.3) is 5.91 Å². The summed E-state index contributed by atoms with van der Waals surface area (Å²) in [7, 11) is 0. The average molecular weight is 308 g/mol. The molecule has 3 N–H and O–H groups in total. The molecule has 1 aromatic rings. The quantitative estimate of drug-likeness (QED) is 0.640. The summed E-state index contributed by atoms with van der Waals surface area (Å²) in [6, 6.07) is 6.80. The largest absolute Gasteiger partial charge is 0.481 e. The van der Waals surface area contributed by atoms with Crippen LogP contribution in [0.4, 0.5) is 0 Å². The number of hydrogen-bond acceptors (Lipinski definition) is 5. The van der Waals surface area contributed by atoms with Gasteiger partial charge in [0.2, 0.25) is 0 Å². The van der Waals surface area contributed by atoms with Crippen molar-refractivity contribution in [3.05, 3.63) is 29.8 Å². The first-order valence-electron chi connectivity index (χ1n) is 5.80. The highest BCUT2D eigenvalue weighted by molar-refractivity contribution is 7.99. The SMILES string of the molecule is N#CCSc1ccccc1C(=O)NC(CC(=O)O)C(=O)O. The normalized spacial score (nSPS) is 11.2. The van der Waals surface area contributed by atoms with E-state index in [-0.39, 0.29) is 11.3 Å². The van der Waals surface area contributed by atoms with Crippen molar-refractivity contribution in [2.75, 3.05) is 5.75 Å². The average Bonchev–Trinajstić information content (AvgIpc) is 2.44. The number of carboxylic acid groups (broad SMARTS) is 2. The van der Waals surface area contributed by atoms with Gasteiger partial charge in [-0.1, -0.05) is 12.1 Å². The molecule has 0 bridgehead atoms. The van der Waals surface area contributed by atoms with Crippen LogP contribution >= 0.6 is 11.8 Å². The van der Waals surface area contributed by atoms with Gasteiger partial charge in [0, 0.05) is 4.90 Å². The number of rotatable bonds is 7. The number of amides is 1. The predicted molar refractivity (Wildman–Crippen MR) is 73.9 cm³/mol. The van der Waals surface area contributed by atoms with Crippen molar-refractivity contribution in [1.82, 2.24) is 5.32 Å². The number of carboxylic acids is 2. The van der Waals surface area contributed by atoms with Crippen LogP contribution in [0.15, 0.2) is 29.2 Å². The molecule has 0 radical (unpaired) electrons. The first kappa shape index (κ1) is 16.5. The van der Waals surface area contributed by atoms with E-state index < -0.39 is 30.3 Å². The van der Waals surface area contributed by atoms with Gasteiger partial charge in [-0.2, -0.15) is 5.26 Å². The Morgan fingerprint density at radius 3 is 2.52 bits per heavy atom. The van der Waals surface area contributed by atoms with Gasteiger partial charge in [-0.15, -0.1) is 11.8 Å². The number of carbonyl (C=O) groups is 3. The van der Waals surface area contributed by atoms with Crippen molar-refractivity contribution in [2.45, 2.75) is 17.4 Å². The molecule has 110 valence electrons. The summed E-state index contributed by atoms with van der Waals surface area (Å²) in [6.45, 7) is 0. The number of thioether (sulfide) groups is 1. The molecular weight excluding hydrogens is 296 g/mol. The lowest BCUT2D eigenvalue weighted by atomic mass is 10.1. The fraction of sp³-hybridized carbons (Fsp3) is 0.231. The van der Waals surface area contributed by atoms with E-state index in [1.165, 1.54) is 6.07 Å². The van der Waals surface area contributed by atoms with E-state index >= 15 is 0 Å². The zero-order valence-electron chi connectivity index (χ0n) is 10.8. The topological polar surface area (TPSA) is 127 Å². The van der Waals surface area contributed by atoms with Gasteiger partial charge in [0.1, 0.15) is 6.04 Å². The van der Waals surface area contributed by atoms with Gasteiger partial charge in [-0.3, -0.25) is 9.59 Å². The number of hydrogen-bond donors (Lipinski definition) is 3. The predicted octanol–water partition coefficient (Wildman–Crippen LogP) is 0.960. The molecule has 0 aliphatic rings. The van der Waals surface area contributed by atoms with Crippen LogP contribution in [-0.2, 0) is 9.59 Å². The van der Waals surface area contributed by atoms with Crippen molar-refractivity contribution in [3.8, 4) is 6.07 Å². The van der Waals surface area contributed by atoms with Crippen molar-refractivity contribution in [1.29, 1.82) is 5.26 Å². The molecule has 0 saturated heterocycles. The van der Waals surface area contributed by atoms with Crippen LogP contribution in [-0.4, -0.2) is 39.9 Å². The lowest BCUT2D eigenvalue weighted by molar-refractivity contribution is -0.145. The van der Waals surface area contributed by atoms with Crippen molar-refractivity contribution < 1.29 is 24.6 Å². The smallest absolute Gasteiger partial charge is 0.326 e. The number of carbonyl (C=O) groups excluding carboxylic acids is 1. The third-order valence-electron chi connectivity index (χ3n) is 2.41. The molecule has 1 unspecified atom stereocenters. The maximum atomic E-state index is 12.1. The zero-order chi connectivity index (χ0) is 15.8. The van der Waals surface area contributed by atoms with Crippen LogP contribution in [0, 0.1) is 11.3 Å². The van der Waals surface area contributed by atoms with E-state index in [0.29, 0.717) is 4.90 Å². The Hall–Kier alpha value is -2.53. The Labute approximate surface area is 124 Å². The summed E-state index contributed by atoms with van der Waals surface area (Å²) in [5, 5.41) is 28.3. The van der Waals surface area contributed by atoms with Crippen LogP contribution in [0.2, 0.25) is 0 Å². The second kappa shape index (κ2) is 7.91. The Balaban J connectivity index is 2.90. The number of nitrogens with zero attached hydrogens (tertiary/aromatic N) is 1. The minimum absolute atomic E-state index is 0.141. The molecule has 0 aliphatic carbocycles. The summed E-state index contributed by atoms with van der Waals surface area (Å²) in [6.07, 6.45) is -0.714. The van der Waals surface area contributed by atoms with Gasteiger partial charge >= 0.3 is 11.9 Å². The molecule has 0 spiro atoms. The maximum absolute atomic E-state index is 12.1. The lowest BCUT2D eigenvalue weighted by Crippen LogP contribution is -2.42. The van der Waals surface area contributed by atoms with Crippen molar-refractivity contribution >= 4 is 29.6 Å². The fourth-order valence-electron chi connectivity index (χ4n) is 1.50. The van der Waals surface area contributed by atoms with Crippen LogP contribution in [0.1, 0.15) is 16.8 Å². The van der Waals surface area contributed by atoms with Gasteiger partial charge in [-0.05, 0) is 12.1 Å². The second-order valence-electron chi connectivity index (χ2n) is 3.91. The second-order valence-corrected chi connectivity index (χ2v) is 4.92. The first-order chi connectivity index (χ1) is 9.95.